The van der Waals surface area contributed by atoms with Crippen molar-refractivity contribution in [2.24, 2.45) is 0 Å². The molecule has 0 saturated heterocycles. The number of nitrogens with one attached hydrogen (secondary N) is 4. The Bertz CT molecular complexity index is 989. The van der Waals surface area contributed by atoms with Crippen LogP contribution in [-0.2, 0) is 11.3 Å². The van der Waals surface area contributed by atoms with E-state index < -0.39 is 18.0 Å². The van der Waals surface area contributed by atoms with Gasteiger partial charge >= 0.3 is 6.03 Å². The molecule has 3 aromatic rings. The van der Waals surface area contributed by atoms with Gasteiger partial charge in [-0.05, 0) is 48.2 Å². The fourth-order valence-electron chi connectivity index (χ4n) is 2.61. The fourth-order valence-corrected chi connectivity index (χ4v) is 3.23. The van der Waals surface area contributed by atoms with Gasteiger partial charge in [0.1, 0.15) is 6.04 Å². The molecule has 1 unspecified atom stereocenters. The first kappa shape index (κ1) is 21.1. The molecule has 0 aliphatic rings. The summed E-state index contributed by atoms with van der Waals surface area (Å²) in [7, 11) is 0. The van der Waals surface area contributed by atoms with E-state index in [2.05, 4.69) is 21.3 Å². The number of anilines is 2. The van der Waals surface area contributed by atoms with Gasteiger partial charge in [-0.15, -0.1) is 11.3 Å². The van der Waals surface area contributed by atoms with Gasteiger partial charge in [0.25, 0.3) is 5.91 Å². The maximum absolute atomic E-state index is 12.2. The number of imide groups is 1. The predicted molar refractivity (Wildman–Crippen MR) is 119 cm³/mol. The van der Waals surface area contributed by atoms with Gasteiger partial charge in [0.2, 0.25) is 5.91 Å². The molecule has 1 atom stereocenters. The van der Waals surface area contributed by atoms with Gasteiger partial charge in [0, 0.05) is 17.9 Å². The van der Waals surface area contributed by atoms with E-state index in [9.17, 15) is 14.4 Å². The monoisotopic (exact) mass is 422 g/mol. The number of urea groups is 1. The Morgan fingerprint density at radius 1 is 0.900 bits per heavy atom. The Morgan fingerprint density at radius 3 is 2.27 bits per heavy atom. The molecule has 2 aromatic carbocycles. The second kappa shape index (κ2) is 10.2. The third-order valence-electron chi connectivity index (χ3n) is 4.20. The number of carbonyl (C=O) groups is 3. The summed E-state index contributed by atoms with van der Waals surface area (Å²) in [5, 5.41) is 12.6. The average molecular weight is 423 g/mol. The minimum atomic E-state index is -0.626. The van der Waals surface area contributed by atoms with Crippen molar-refractivity contribution in [3.63, 3.8) is 0 Å². The van der Waals surface area contributed by atoms with Crippen LogP contribution >= 0.6 is 11.3 Å². The van der Waals surface area contributed by atoms with Crippen LogP contribution in [0, 0.1) is 0 Å². The molecule has 30 heavy (non-hydrogen) atoms. The molecule has 154 valence electrons. The summed E-state index contributed by atoms with van der Waals surface area (Å²) in [6.07, 6.45) is 0. The Morgan fingerprint density at radius 2 is 1.60 bits per heavy atom. The summed E-state index contributed by atoms with van der Waals surface area (Å²) in [6, 6.07) is 18.8. The van der Waals surface area contributed by atoms with Crippen molar-refractivity contribution in [3.05, 3.63) is 82.6 Å². The van der Waals surface area contributed by atoms with Crippen molar-refractivity contribution in [3.8, 4) is 0 Å². The van der Waals surface area contributed by atoms with Crippen molar-refractivity contribution in [2.45, 2.75) is 19.5 Å². The standard InChI is InChI=1S/C22H22N4O3S/c1-15(20(27)26-22(29)23-14-16-6-3-2-4-7-16)24-17-9-11-18(12-10-17)25-21(28)19-8-5-13-30-19/h2-13,15,24H,14H2,1H3,(H,25,28)(H2,23,26,27,29). The van der Waals surface area contributed by atoms with Gasteiger partial charge in [-0.25, -0.2) is 4.79 Å². The van der Waals surface area contributed by atoms with Gasteiger partial charge in [-0.3, -0.25) is 14.9 Å². The third kappa shape index (κ3) is 6.18. The second-order valence-corrected chi connectivity index (χ2v) is 7.48. The first-order chi connectivity index (χ1) is 14.5. The summed E-state index contributed by atoms with van der Waals surface area (Å²) in [6.45, 7) is 1.99. The number of amides is 4. The van der Waals surface area contributed by atoms with E-state index in [0.717, 1.165) is 5.56 Å². The van der Waals surface area contributed by atoms with Crippen molar-refractivity contribution in [2.75, 3.05) is 10.6 Å². The van der Waals surface area contributed by atoms with E-state index in [1.165, 1.54) is 11.3 Å². The smallest absolute Gasteiger partial charge is 0.321 e. The number of thiophene rings is 1. The molecule has 4 N–H and O–H groups in total. The van der Waals surface area contributed by atoms with E-state index in [1.54, 1.807) is 37.3 Å². The van der Waals surface area contributed by atoms with E-state index in [1.807, 2.05) is 41.8 Å². The first-order valence-electron chi connectivity index (χ1n) is 9.35. The number of benzene rings is 2. The van der Waals surface area contributed by atoms with Crippen LogP contribution in [0.15, 0.2) is 72.1 Å². The van der Waals surface area contributed by atoms with Crippen molar-refractivity contribution >= 4 is 40.6 Å². The molecule has 7 nitrogen and oxygen atoms in total. The minimum absolute atomic E-state index is 0.167. The first-order valence-corrected chi connectivity index (χ1v) is 10.2. The maximum atomic E-state index is 12.2. The van der Waals surface area contributed by atoms with E-state index in [4.69, 9.17) is 0 Å². The van der Waals surface area contributed by atoms with Gasteiger partial charge in [0.15, 0.2) is 0 Å². The Kier molecular flexibility index (Phi) is 7.18. The highest BCUT2D eigenvalue weighted by Gasteiger charge is 2.15. The summed E-state index contributed by atoms with van der Waals surface area (Å²) in [5.74, 6) is -0.615. The van der Waals surface area contributed by atoms with E-state index in [-0.39, 0.29) is 5.91 Å². The normalized spacial score (nSPS) is 11.2. The average Bonchev–Trinajstić information content (AvgIpc) is 3.29. The van der Waals surface area contributed by atoms with Crippen LogP contribution in [0.1, 0.15) is 22.2 Å². The molecule has 0 aliphatic heterocycles. The number of carbonyl (C=O) groups excluding carboxylic acids is 3. The summed E-state index contributed by atoms with van der Waals surface area (Å²) >= 11 is 1.37. The van der Waals surface area contributed by atoms with Crippen LogP contribution in [0.5, 0.6) is 0 Å². The Balaban J connectivity index is 1.45. The van der Waals surface area contributed by atoms with Crippen molar-refractivity contribution in [1.29, 1.82) is 0 Å². The minimum Gasteiger partial charge on any atom is -0.374 e. The molecule has 4 amide bonds. The second-order valence-electron chi connectivity index (χ2n) is 6.53. The lowest BCUT2D eigenvalue weighted by atomic mass is 10.2. The molecule has 0 aliphatic carbocycles. The predicted octanol–water partition coefficient (Wildman–Crippen LogP) is 3.83. The zero-order valence-corrected chi connectivity index (χ0v) is 17.2. The van der Waals surface area contributed by atoms with Crippen LogP contribution in [0.4, 0.5) is 16.2 Å². The van der Waals surface area contributed by atoms with Crippen LogP contribution < -0.4 is 21.3 Å². The highest BCUT2D eigenvalue weighted by Crippen LogP contribution is 2.17. The molecule has 0 saturated carbocycles. The molecular formula is C22H22N4O3S. The van der Waals surface area contributed by atoms with Gasteiger partial charge in [0.05, 0.1) is 4.88 Å². The maximum Gasteiger partial charge on any atom is 0.321 e. The quantitative estimate of drug-likeness (QED) is 0.465. The lowest BCUT2D eigenvalue weighted by Gasteiger charge is -2.15. The third-order valence-corrected chi connectivity index (χ3v) is 5.07. The van der Waals surface area contributed by atoms with Crippen LogP contribution in [0.2, 0.25) is 0 Å². The van der Waals surface area contributed by atoms with Crippen LogP contribution in [0.25, 0.3) is 0 Å². The van der Waals surface area contributed by atoms with Crippen molar-refractivity contribution in [1.82, 2.24) is 10.6 Å². The molecule has 0 radical (unpaired) electrons. The molecule has 0 fully saturated rings. The van der Waals surface area contributed by atoms with E-state index >= 15 is 0 Å². The number of rotatable bonds is 7. The van der Waals surface area contributed by atoms with Crippen LogP contribution in [0.3, 0.4) is 0 Å². The van der Waals surface area contributed by atoms with Crippen molar-refractivity contribution < 1.29 is 14.4 Å². The lowest BCUT2D eigenvalue weighted by Crippen LogP contribution is -2.45. The number of hydrogen-bond acceptors (Lipinski definition) is 5. The topological polar surface area (TPSA) is 99.3 Å². The zero-order valence-electron chi connectivity index (χ0n) is 16.3. The summed E-state index contributed by atoms with van der Waals surface area (Å²) in [4.78, 5) is 36.8. The highest BCUT2D eigenvalue weighted by atomic mass is 32.1. The summed E-state index contributed by atoms with van der Waals surface area (Å²) in [5.41, 5.74) is 2.28. The van der Waals surface area contributed by atoms with E-state index in [0.29, 0.717) is 22.8 Å². The summed E-state index contributed by atoms with van der Waals surface area (Å²) < 4.78 is 0. The fraction of sp³-hybridized carbons (Fsp3) is 0.136. The highest BCUT2D eigenvalue weighted by molar-refractivity contribution is 7.12. The molecule has 0 spiro atoms. The van der Waals surface area contributed by atoms with Gasteiger partial charge < -0.3 is 16.0 Å². The molecule has 0 bridgehead atoms. The lowest BCUT2D eigenvalue weighted by molar-refractivity contribution is -0.120. The number of hydrogen-bond donors (Lipinski definition) is 4. The molecular weight excluding hydrogens is 400 g/mol. The Labute approximate surface area is 178 Å². The molecule has 3 rings (SSSR count). The Hall–Kier alpha value is -3.65. The van der Waals surface area contributed by atoms with Gasteiger partial charge in [-0.2, -0.15) is 0 Å². The molecule has 8 heteroatoms. The van der Waals surface area contributed by atoms with Gasteiger partial charge in [-0.1, -0.05) is 36.4 Å². The van der Waals surface area contributed by atoms with Crippen LogP contribution in [-0.4, -0.2) is 23.9 Å². The molecule has 1 heterocycles. The molecule has 1 aromatic heterocycles. The zero-order chi connectivity index (χ0) is 21.3. The SMILES string of the molecule is CC(Nc1ccc(NC(=O)c2cccs2)cc1)C(=O)NC(=O)NCc1ccccc1. The largest absolute Gasteiger partial charge is 0.374 e.